The van der Waals surface area contributed by atoms with E-state index >= 15 is 0 Å². The normalized spacial score (nSPS) is 51.2. The lowest BCUT2D eigenvalue weighted by atomic mass is 9.33. The second-order valence-electron chi connectivity index (χ2n) is 16.9. The Hall–Kier alpha value is -0.450. The second kappa shape index (κ2) is 8.54. The monoisotopic (exact) mass is 541 g/mol. The van der Waals surface area contributed by atoms with E-state index in [4.69, 9.17) is 12.2 Å². The topological polar surface area (TPSA) is 43.7 Å². The van der Waals surface area contributed by atoms with Crippen molar-refractivity contribution in [3.05, 3.63) is 11.6 Å². The number of β-amino-alcohol motifs (C(OH)–C–C–N with tert-alkyl or cyclic N) is 1. The van der Waals surface area contributed by atoms with Crippen LogP contribution in [0.1, 0.15) is 119 Å². The summed E-state index contributed by atoms with van der Waals surface area (Å²) in [7, 11) is 0. The fourth-order valence-electron chi connectivity index (χ4n) is 11.9. The summed E-state index contributed by atoms with van der Waals surface area (Å²) < 4.78 is 0. The Morgan fingerprint density at radius 1 is 0.868 bits per heavy atom. The molecule has 214 valence electrons. The van der Waals surface area contributed by atoms with Crippen LogP contribution in [0.25, 0.3) is 0 Å². The van der Waals surface area contributed by atoms with Gasteiger partial charge < -0.3 is 15.1 Å². The number of allylic oxidation sites excluding steroid dienone is 2. The molecule has 1 aliphatic heterocycles. The van der Waals surface area contributed by atoms with Crippen LogP contribution < -0.4 is 0 Å². The molecule has 4 heteroatoms. The Labute approximate surface area is 238 Å². The molecule has 0 radical (unpaired) electrons. The van der Waals surface area contributed by atoms with Crippen LogP contribution in [0.5, 0.6) is 0 Å². The first kappa shape index (κ1) is 27.7. The molecule has 2 N–H and O–H groups in total. The van der Waals surface area contributed by atoms with Crippen LogP contribution in [0.4, 0.5) is 0 Å². The third-order valence-electron chi connectivity index (χ3n) is 14.5. The van der Waals surface area contributed by atoms with Gasteiger partial charge in [-0.15, -0.1) is 0 Å². The minimum atomic E-state index is -0.223. The molecular weight excluding hydrogens is 486 g/mol. The Balaban J connectivity index is 1.41. The largest absolute Gasteiger partial charge is 0.393 e. The van der Waals surface area contributed by atoms with Gasteiger partial charge in [0.05, 0.1) is 17.2 Å². The van der Waals surface area contributed by atoms with Crippen molar-refractivity contribution in [2.45, 2.75) is 131 Å². The van der Waals surface area contributed by atoms with Crippen LogP contribution >= 0.6 is 12.2 Å². The first-order chi connectivity index (χ1) is 17.6. The predicted molar refractivity (Wildman–Crippen MR) is 160 cm³/mol. The van der Waals surface area contributed by atoms with Gasteiger partial charge in [-0.25, -0.2) is 0 Å². The van der Waals surface area contributed by atoms with E-state index in [0.717, 1.165) is 25.9 Å². The molecule has 5 fully saturated rings. The van der Waals surface area contributed by atoms with Crippen LogP contribution in [0.15, 0.2) is 11.6 Å². The zero-order valence-corrected chi connectivity index (χ0v) is 26.2. The van der Waals surface area contributed by atoms with E-state index in [1.165, 1.54) is 62.8 Å². The number of aliphatic hydroxyl groups is 2. The van der Waals surface area contributed by atoms with Crippen LogP contribution in [-0.4, -0.2) is 45.4 Å². The molecule has 6 rings (SSSR count). The van der Waals surface area contributed by atoms with Gasteiger partial charge in [0.2, 0.25) is 0 Å². The average molecular weight is 542 g/mol. The van der Waals surface area contributed by atoms with Crippen molar-refractivity contribution in [1.82, 2.24) is 4.90 Å². The molecule has 0 aromatic rings. The van der Waals surface area contributed by atoms with E-state index < -0.39 is 0 Å². The predicted octanol–water partition coefficient (Wildman–Crippen LogP) is 7.54. The van der Waals surface area contributed by atoms with Crippen molar-refractivity contribution in [2.24, 2.45) is 50.2 Å². The quantitative estimate of drug-likeness (QED) is 0.266. The maximum atomic E-state index is 11.0. The van der Waals surface area contributed by atoms with E-state index in [0.29, 0.717) is 34.0 Å². The molecule has 3 nitrogen and oxygen atoms in total. The van der Waals surface area contributed by atoms with Gasteiger partial charge in [-0.05, 0) is 115 Å². The lowest BCUT2D eigenvalue weighted by molar-refractivity contribution is -0.201. The molecule has 1 saturated heterocycles. The summed E-state index contributed by atoms with van der Waals surface area (Å²) in [5.74, 6) is 1.81. The Morgan fingerprint density at radius 3 is 2.26 bits per heavy atom. The van der Waals surface area contributed by atoms with Gasteiger partial charge in [0.1, 0.15) is 0 Å². The molecule has 4 saturated carbocycles. The van der Waals surface area contributed by atoms with Crippen LogP contribution in [-0.2, 0) is 0 Å². The highest BCUT2D eigenvalue weighted by Crippen LogP contribution is 2.76. The highest BCUT2D eigenvalue weighted by atomic mass is 32.1. The molecule has 1 heterocycles. The lowest BCUT2D eigenvalue weighted by Gasteiger charge is -2.71. The molecule has 0 spiro atoms. The summed E-state index contributed by atoms with van der Waals surface area (Å²) in [6.45, 7) is 19.3. The zero-order chi connectivity index (χ0) is 27.5. The standard InChI is InChI=1S/C34H55NO2S/c1-29(2)15-17-34(28(38)35-19-12-22(36)21-35)18-16-32(6)23(24(34)20-29)8-9-26-31(5)13-11-27(37)30(3,4)25(31)10-14-33(26,32)7/h8,22,24-27,36-37H,9-21H2,1-7H3/t22-,24-,25-,26+,27-,31-,32+,33+,34-/m0/s1. The van der Waals surface area contributed by atoms with Crippen LogP contribution in [0.2, 0.25) is 0 Å². The molecule has 0 bridgehead atoms. The summed E-state index contributed by atoms with van der Waals surface area (Å²) in [6, 6.07) is 0. The van der Waals surface area contributed by atoms with E-state index in [1.54, 1.807) is 5.57 Å². The zero-order valence-electron chi connectivity index (χ0n) is 25.4. The molecule has 0 amide bonds. The minimum Gasteiger partial charge on any atom is -0.393 e. The molecule has 5 aliphatic carbocycles. The van der Waals surface area contributed by atoms with Crippen molar-refractivity contribution in [3.8, 4) is 0 Å². The van der Waals surface area contributed by atoms with Gasteiger partial charge in [0, 0.05) is 18.5 Å². The summed E-state index contributed by atoms with van der Waals surface area (Å²) in [4.78, 5) is 3.58. The number of rotatable bonds is 1. The van der Waals surface area contributed by atoms with Crippen molar-refractivity contribution < 1.29 is 10.2 Å². The van der Waals surface area contributed by atoms with Gasteiger partial charge in [0.15, 0.2) is 0 Å². The molecule has 6 aliphatic rings. The third-order valence-corrected chi connectivity index (χ3v) is 15.2. The molecule has 9 atom stereocenters. The highest BCUT2D eigenvalue weighted by Gasteiger charge is 2.68. The average Bonchev–Trinajstić information content (AvgIpc) is 3.27. The fourth-order valence-corrected chi connectivity index (χ4v) is 12.4. The maximum Gasteiger partial charge on any atom is 0.0848 e. The van der Waals surface area contributed by atoms with E-state index in [-0.39, 0.29) is 28.5 Å². The third kappa shape index (κ3) is 3.54. The van der Waals surface area contributed by atoms with Crippen molar-refractivity contribution in [2.75, 3.05) is 13.1 Å². The summed E-state index contributed by atoms with van der Waals surface area (Å²) in [5.41, 5.74) is 2.99. The minimum absolute atomic E-state index is 0.000814. The second-order valence-corrected chi connectivity index (χ2v) is 17.3. The Bertz CT molecular complexity index is 1030. The van der Waals surface area contributed by atoms with Crippen LogP contribution in [0, 0.1) is 50.2 Å². The smallest absolute Gasteiger partial charge is 0.0848 e. The molecule has 0 aromatic heterocycles. The van der Waals surface area contributed by atoms with Gasteiger partial charge >= 0.3 is 0 Å². The first-order valence-corrected chi connectivity index (χ1v) is 16.4. The van der Waals surface area contributed by atoms with Gasteiger partial charge in [-0.2, -0.15) is 0 Å². The number of hydrogen-bond donors (Lipinski definition) is 2. The summed E-state index contributed by atoms with van der Waals surface area (Å²) >= 11 is 6.42. The number of aliphatic hydroxyl groups excluding tert-OH is 2. The van der Waals surface area contributed by atoms with Gasteiger partial charge in [-0.3, -0.25) is 0 Å². The number of nitrogens with zero attached hydrogens (tertiary/aromatic N) is 1. The lowest BCUT2D eigenvalue weighted by Crippen LogP contribution is -2.65. The van der Waals surface area contributed by atoms with Gasteiger partial charge in [0.25, 0.3) is 0 Å². The molecular formula is C34H55NO2S. The van der Waals surface area contributed by atoms with Gasteiger partial charge in [-0.1, -0.05) is 72.3 Å². The summed E-state index contributed by atoms with van der Waals surface area (Å²) in [5, 5.41) is 21.4. The van der Waals surface area contributed by atoms with E-state index in [2.05, 4.69) is 59.4 Å². The van der Waals surface area contributed by atoms with E-state index in [1.807, 2.05) is 0 Å². The number of thiocarbonyl (C=S) groups is 1. The number of fused-ring (bicyclic) bond motifs is 7. The molecule has 0 aromatic carbocycles. The van der Waals surface area contributed by atoms with Crippen molar-refractivity contribution in [3.63, 3.8) is 0 Å². The Morgan fingerprint density at radius 2 is 1.58 bits per heavy atom. The fraction of sp³-hybridized carbons (Fsp3) is 0.912. The number of hydrogen-bond acceptors (Lipinski definition) is 3. The first-order valence-electron chi connectivity index (χ1n) is 16.0. The molecule has 0 unspecified atom stereocenters. The summed E-state index contributed by atoms with van der Waals surface area (Å²) in [6.07, 6.45) is 15.2. The molecule has 38 heavy (non-hydrogen) atoms. The van der Waals surface area contributed by atoms with Crippen LogP contribution in [0.3, 0.4) is 0 Å². The number of likely N-dealkylation sites (tertiary alicyclic amines) is 1. The SMILES string of the molecule is CC1(C)CC[C@]2(C(=S)N3CC[C@H](O)C3)CC[C@]3(C)C(=CC[C@@H]4[C@@]5(C)CC[C@H](O)C(C)(C)[C@@H]5CC[C@]43C)[C@@H]2C1. The Kier molecular flexibility index (Phi) is 6.23. The van der Waals surface area contributed by atoms with E-state index in [9.17, 15) is 10.2 Å². The highest BCUT2D eigenvalue weighted by molar-refractivity contribution is 7.80. The maximum absolute atomic E-state index is 11.0. The van der Waals surface area contributed by atoms with Crippen molar-refractivity contribution >= 4 is 17.2 Å². The van der Waals surface area contributed by atoms with Crippen molar-refractivity contribution in [1.29, 1.82) is 0 Å².